The molecule has 0 saturated carbocycles. The Kier molecular flexibility index (Phi) is 8.10. The van der Waals surface area contributed by atoms with Crippen molar-refractivity contribution in [2.75, 3.05) is 44.7 Å². The zero-order valence-corrected chi connectivity index (χ0v) is 19.6. The van der Waals surface area contributed by atoms with Crippen molar-refractivity contribution >= 4 is 11.7 Å². The molecule has 35 heavy (non-hydrogen) atoms. The summed E-state index contributed by atoms with van der Waals surface area (Å²) in [6.45, 7) is 6.88. The number of nitrogens with two attached hydrogens (primary N) is 1. The lowest BCUT2D eigenvalue weighted by atomic mass is 10.1. The van der Waals surface area contributed by atoms with Crippen LogP contribution in [0.15, 0.2) is 64.9 Å². The van der Waals surface area contributed by atoms with Crippen LogP contribution in [0.4, 0.5) is 23.7 Å². The molecule has 188 valence electrons. The van der Waals surface area contributed by atoms with Crippen LogP contribution in [-0.4, -0.2) is 61.9 Å². The maximum Gasteiger partial charge on any atom is 0.415 e. The number of carbonyl (C=O) groups is 1. The third-order valence-electron chi connectivity index (χ3n) is 5.52. The molecule has 3 N–H and O–H groups in total. The van der Waals surface area contributed by atoms with Crippen LogP contribution in [0, 0.1) is 6.92 Å². The molecule has 11 heteroatoms. The van der Waals surface area contributed by atoms with E-state index in [2.05, 4.69) is 21.8 Å². The second-order valence-electron chi connectivity index (χ2n) is 7.86. The highest BCUT2D eigenvalue weighted by Crippen LogP contribution is 2.34. The number of nitrogens with zero attached hydrogens (tertiary/aromatic N) is 3. The summed E-state index contributed by atoms with van der Waals surface area (Å²) in [5.41, 5.74) is 6.55. The molecule has 0 radical (unpaired) electrons. The van der Waals surface area contributed by atoms with Crippen LogP contribution in [0.3, 0.4) is 0 Å². The summed E-state index contributed by atoms with van der Waals surface area (Å²) in [5, 5.41) is 2.69. The zero-order valence-electron chi connectivity index (χ0n) is 19.6. The number of anilines is 1. The number of rotatable bonds is 7. The largest absolute Gasteiger partial charge is 0.496 e. The van der Waals surface area contributed by atoms with Gasteiger partial charge in [-0.3, -0.25) is 0 Å². The Morgan fingerprint density at radius 3 is 2.57 bits per heavy atom. The second-order valence-corrected chi connectivity index (χ2v) is 7.86. The zero-order chi connectivity index (χ0) is 25.6. The summed E-state index contributed by atoms with van der Waals surface area (Å²) in [4.78, 5) is 20.4. The second kappa shape index (κ2) is 11.0. The lowest BCUT2D eigenvalue weighted by Gasteiger charge is -2.36. The fourth-order valence-corrected chi connectivity index (χ4v) is 3.50. The average Bonchev–Trinajstić information content (AvgIpc) is 3.28. The smallest absolute Gasteiger partial charge is 0.415 e. The highest BCUT2D eigenvalue weighted by Gasteiger charge is 2.29. The molecular formula is C24H28F3N5O3. The summed E-state index contributed by atoms with van der Waals surface area (Å²) < 4.78 is 48.8. The monoisotopic (exact) mass is 491 g/mol. The van der Waals surface area contributed by atoms with E-state index in [4.69, 9.17) is 14.9 Å². The van der Waals surface area contributed by atoms with Gasteiger partial charge in [0.1, 0.15) is 5.75 Å². The quantitative estimate of drug-likeness (QED) is 0.569. The van der Waals surface area contributed by atoms with E-state index in [0.29, 0.717) is 49.2 Å². The van der Waals surface area contributed by atoms with Crippen molar-refractivity contribution in [3.63, 3.8) is 0 Å². The number of amides is 2. The molecule has 2 amide bonds. The highest BCUT2D eigenvalue weighted by atomic mass is 19.4. The van der Waals surface area contributed by atoms with Crippen LogP contribution in [0.1, 0.15) is 5.89 Å². The van der Waals surface area contributed by atoms with Crippen molar-refractivity contribution in [3.8, 4) is 17.1 Å². The summed E-state index contributed by atoms with van der Waals surface area (Å²) in [5.74, 6) is 1.84. The van der Waals surface area contributed by atoms with Gasteiger partial charge in [-0.2, -0.15) is 13.2 Å². The van der Waals surface area contributed by atoms with Gasteiger partial charge in [-0.05, 0) is 23.9 Å². The Bertz CT molecular complexity index is 1120. The number of hydrogen-bond acceptors (Lipinski definition) is 6. The van der Waals surface area contributed by atoms with Crippen LogP contribution in [0.2, 0.25) is 0 Å². The van der Waals surface area contributed by atoms with Gasteiger partial charge >= 0.3 is 12.2 Å². The Labute approximate surface area is 201 Å². The van der Waals surface area contributed by atoms with Gasteiger partial charge in [0.2, 0.25) is 0 Å². The van der Waals surface area contributed by atoms with E-state index in [-0.39, 0.29) is 12.6 Å². The Balaban J connectivity index is 1.54. The van der Waals surface area contributed by atoms with Crippen LogP contribution in [-0.2, 0) is 0 Å². The minimum Gasteiger partial charge on any atom is -0.496 e. The van der Waals surface area contributed by atoms with Gasteiger partial charge in [0.15, 0.2) is 11.7 Å². The first kappa shape index (κ1) is 25.7. The molecule has 1 aromatic carbocycles. The molecule has 1 aromatic heterocycles. The Morgan fingerprint density at radius 2 is 2.00 bits per heavy atom. The first-order chi connectivity index (χ1) is 16.6. The van der Waals surface area contributed by atoms with Gasteiger partial charge in [0, 0.05) is 57.0 Å². The number of halogens is 3. The molecule has 1 aliphatic heterocycles. The topological polar surface area (TPSA) is 96.9 Å². The third kappa shape index (κ3) is 6.58. The number of nitrogens with one attached hydrogen (secondary N) is 1. The lowest BCUT2D eigenvalue weighted by Crippen LogP contribution is -2.52. The fourth-order valence-electron chi connectivity index (χ4n) is 3.50. The van der Waals surface area contributed by atoms with Gasteiger partial charge < -0.3 is 30.0 Å². The average molecular weight is 492 g/mol. The van der Waals surface area contributed by atoms with E-state index in [0.717, 1.165) is 23.5 Å². The molecule has 2 heterocycles. The molecule has 0 unspecified atom stereocenters. The molecule has 2 aromatic rings. The van der Waals surface area contributed by atoms with Gasteiger partial charge in [-0.25, -0.2) is 9.78 Å². The number of aryl methyl sites for hydroxylation is 1. The summed E-state index contributed by atoms with van der Waals surface area (Å²) in [6, 6.07) is 5.47. The third-order valence-corrected chi connectivity index (χ3v) is 5.52. The van der Waals surface area contributed by atoms with E-state index in [9.17, 15) is 18.0 Å². The fraction of sp³-hybridized carbons (Fsp3) is 0.333. The number of aromatic nitrogens is 1. The normalized spacial score (nSPS) is 14.9. The van der Waals surface area contributed by atoms with Crippen molar-refractivity contribution in [3.05, 3.63) is 66.4 Å². The van der Waals surface area contributed by atoms with Gasteiger partial charge in [0.25, 0.3) is 0 Å². The van der Waals surface area contributed by atoms with Crippen LogP contribution in [0.5, 0.6) is 5.75 Å². The number of piperazine rings is 1. The minimum atomic E-state index is -4.52. The number of oxazole rings is 1. The SMILES string of the molecule is C=C(/C=C\C(=C/N)CNC(=O)N1CCN(c2ccc(-c3cnc(C)o3)c(OC)c2)CC1)C(F)(F)F. The van der Waals surface area contributed by atoms with Crippen molar-refractivity contribution in [2.45, 2.75) is 13.1 Å². The number of ether oxygens (including phenoxy) is 1. The highest BCUT2D eigenvalue weighted by molar-refractivity contribution is 5.75. The molecule has 3 rings (SSSR count). The van der Waals surface area contributed by atoms with Gasteiger partial charge in [-0.15, -0.1) is 0 Å². The number of hydrogen-bond donors (Lipinski definition) is 2. The molecule has 1 saturated heterocycles. The first-order valence-corrected chi connectivity index (χ1v) is 10.9. The maximum absolute atomic E-state index is 12.6. The molecule has 8 nitrogen and oxygen atoms in total. The Morgan fingerprint density at radius 1 is 1.29 bits per heavy atom. The van der Waals surface area contributed by atoms with E-state index in [1.165, 1.54) is 6.08 Å². The number of allylic oxidation sites excluding steroid dienone is 2. The predicted octanol–water partition coefficient (Wildman–Crippen LogP) is 4.01. The lowest BCUT2D eigenvalue weighted by molar-refractivity contribution is -0.0878. The van der Waals surface area contributed by atoms with Crippen LogP contribution < -0.4 is 20.7 Å². The van der Waals surface area contributed by atoms with E-state index < -0.39 is 11.7 Å². The standard InChI is InChI=1S/C24H28F3N5O3/c1-16(24(25,26)27)4-5-18(13-28)14-30-23(33)32-10-8-31(9-11-32)19-6-7-20(21(12-19)34-3)22-15-29-17(2)35-22/h4-7,12-13,15H,1,8-11,14,28H2,2-3H3,(H,30,33)/b5-4-,18-13+. The molecule has 0 bridgehead atoms. The van der Waals surface area contributed by atoms with E-state index >= 15 is 0 Å². The molecule has 0 spiro atoms. The maximum atomic E-state index is 12.6. The van der Waals surface area contributed by atoms with Gasteiger partial charge in [-0.1, -0.05) is 18.7 Å². The van der Waals surface area contributed by atoms with Crippen LogP contribution >= 0.6 is 0 Å². The van der Waals surface area contributed by atoms with Crippen LogP contribution in [0.25, 0.3) is 11.3 Å². The summed E-state index contributed by atoms with van der Waals surface area (Å²) in [6.07, 6.45) is 0.296. The molecule has 0 atom stereocenters. The summed E-state index contributed by atoms with van der Waals surface area (Å²) >= 11 is 0. The number of benzene rings is 1. The molecule has 1 fully saturated rings. The van der Waals surface area contributed by atoms with E-state index in [1.54, 1.807) is 25.1 Å². The predicted molar refractivity (Wildman–Crippen MR) is 127 cm³/mol. The van der Waals surface area contributed by atoms with Crippen molar-refractivity contribution in [1.29, 1.82) is 0 Å². The number of urea groups is 1. The number of methoxy groups -OCH3 is 1. The van der Waals surface area contributed by atoms with Crippen molar-refractivity contribution < 1.29 is 27.1 Å². The van der Waals surface area contributed by atoms with Gasteiger partial charge in [0.05, 0.1) is 18.9 Å². The summed E-state index contributed by atoms with van der Waals surface area (Å²) in [7, 11) is 1.59. The van der Waals surface area contributed by atoms with E-state index in [1.807, 2.05) is 18.2 Å². The minimum absolute atomic E-state index is 0.00302. The first-order valence-electron chi connectivity index (χ1n) is 10.9. The van der Waals surface area contributed by atoms with Crippen molar-refractivity contribution in [1.82, 2.24) is 15.2 Å². The number of alkyl halides is 3. The molecule has 0 aliphatic carbocycles. The molecule has 1 aliphatic rings. The number of carbonyl (C=O) groups excluding carboxylic acids is 1. The Hall–Kier alpha value is -3.89. The molecular weight excluding hydrogens is 463 g/mol. The van der Waals surface area contributed by atoms with Crippen molar-refractivity contribution in [2.24, 2.45) is 5.73 Å².